The average Bonchev–Trinajstić information content (AvgIpc) is 2.49. The minimum Gasteiger partial charge on any atom is -0.355 e. The van der Waals surface area contributed by atoms with Crippen molar-refractivity contribution in [2.75, 3.05) is 27.2 Å². The SMILES string of the molecule is CCC(C)N(C)CCNC(=NC)NCc1cccc(F)c1.I. The Kier molecular flexibility index (Phi) is 11.2. The third kappa shape index (κ3) is 7.93. The fraction of sp³-hybridized carbons (Fsp3) is 0.562. The molecule has 1 aromatic rings. The van der Waals surface area contributed by atoms with Crippen molar-refractivity contribution >= 4 is 29.9 Å². The van der Waals surface area contributed by atoms with E-state index in [1.54, 1.807) is 13.1 Å². The molecule has 0 aromatic heterocycles. The Morgan fingerprint density at radius 1 is 1.36 bits per heavy atom. The van der Waals surface area contributed by atoms with Gasteiger partial charge in [0.2, 0.25) is 0 Å². The second-order valence-corrected chi connectivity index (χ2v) is 5.22. The molecular weight excluding hydrogens is 394 g/mol. The summed E-state index contributed by atoms with van der Waals surface area (Å²) < 4.78 is 13.1. The van der Waals surface area contributed by atoms with Crippen LogP contribution in [0.5, 0.6) is 0 Å². The van der Waals surface area contributed by atoms with Crippen molar-refractivity contribution in [2.24, 2.45) is 4.99 Å². The van der Waals surface area contributed by atoms with Crippen molar-refractivity contribution in [3.63, 3.8) is 0 Å². The van der Waals surface area contributed by atoms with Gasteiger partial charge in [-0.25, -0.2) is 4.39 Å². The Balaban J connectivity index is 0.00000441. The van der Waals surface area contributed by atoms with Gasteiger partial charge in [0.15, 0.2) is 5.96 Å². The molecule has 0 amide bonds. The normalized spacial score (nSPS) is 12.7. The minimum absolute atomic E-state index is 0. The van der Waals surface area contributed by atoms with Gasteiger partial charge in [0, 0.05) is 32.7 Å². The molecule has 0 aliphatic heterocycles. The fourth-order valence-corrected chi connectivity index (χ4v) is 1.94. The summed E-state index contributed by atoms with van der Waals surface area (Å²) in [5.41, 5.74) is 0.898. The van der Waals surface area contributed by atoms with Crippen LogP contribution in [0.15, 0.2) is 29.3 Å². The summed E-state index contributed by atoms with van der Waals surface area (Å²) >= 11 is 0. The summed E-state index contributed by atoms with van der Waals surface area (Å²) in [6.45, 7) is 6.74. The Labute approximate surface area is 150 Å². The van der Waals surface area contributed by atoms with Gasteiger partial charge >= 0.3 is 0 Å². The molecule has 0 heterocycles. The second kappa shape index (κ2) is 11.6. The number of likely N-dealkylation sites (N-methyl/N-ethyl adjacent to an activating group) is 1. The molecule has 22 heavy (non-hydrogen) atoms. The summed E-state index contributed by atoms with van der Waals surface area (Å²) in [7, 11) is 3.86. The Morgan fingerprint density at radius 2 is 2.09 bits per heavy atom. The maximum Gasteiger partial charge on any atom is 0.191 e. The van der Waals surface area contributed by atoms with Crippen LogP contribution in [0, 0.1) is 5.82 Å². The molecular formula is C16H28FIN4. The van der Waals surface area contributed by atoms with Crippen LogP contribution in [-0.2, 0) is 6.54 Å². The molecule has 0 spiro atoms. The molecule has 6 heteroatoms. The van der Waals surface area contributed by atoms with E-state index in [0.717, 1.165) is 31.0 Å². The smallest absolute Gasteiger partial charge is 0.191 e. The van der Waals surface area contributed by atoms with Gasteiger partial charge in [-0.3, -0.25) is 4.99 Å². The number of rotatable bonds is 7. The lowest BCUT2D eigenvalue weighted by molar-refractivity contribution is 0.255. The number of nitrogens with zero attached hydrogens (tertiary/aromatic N) is 2. The van der Waals surface area contributed by atoms with Gasteiger partial charge in [-0.15, -0.1) is 24.0 Å². The highest BCUT2D eigenvalue weighted by atomic mass is 127. The van der Waals surface area contributed by atoms with Crippen molar-refractivity contribution in [3.8, 4) is 0 Å². The molecule has 0 aliphatic carbocycles. The highest BCUT2D eigenvalue weighted by molar-refractivity contribution is 14.0. The van der Waals surface area contributed by atoms with Crippen molar-refractivity contribution in [2.45, 2.75) is 32.9 Å². The van der Waals surface area contributed by atoms with Gasteiger partial charge in [-0.05, 0) is 38.1 Å². The molecule has 2 N–H and O–H groups in total. The van der Waals surface area contributed by atoms with E-state index in [2.05, 4.69) is 41.4 Å². The molecule has 0 saturated carbocycles. The van der Waals surface area contributed by atoms with Crippen LogP contribution in [0.2, 0.25) is 0 Å². The zero-order chi connectivity index (χ0) is 15.7. The predicted octanol–water partition coefficient (Wildman–Crippen LogP) is 2.84. The van der Waals surface area contributed by atoms with Gasteiger partial charge < -0.3 is 15.5 Å². The fourth-order valence-electron chi connectivity index (χ4n) is 1.94. The monoisotopic (exact) mass is 422 g/mol. The van der Waals surface area contributed by atoms with Crippen LogP contribution in [0.25, 0.3) is 0 Å². The Bertz CT molecular complexity index is 454. The maximum atomic E-state index is 13.1. The van der Waals surface area contributed by atoms with Crippen LogP contribution < -0.4 is 10.6 Å². The average molecular weight is 422 g/mol. The van der Waals surface area contributed by atoms with Crippen molar-refractivity contribution in [1.82, 2.24) is 15.5 Å². The van der Waals surface area contributed by atoms with Crippen molar-refractivity contribution in [3.05, 3.63) is 35.6 Å². The van der Waals surface area contributed by atoms with Crippen LogP contribution in [0.4, 0.5) is 4.39 Å². The summed E-state index contributed by atoms with van der Waals surface area (Å²) in [5, 5.41) is 6.45. The summed E-state index contributed by atoms with van der Waals surface area (Å²) in [4.78, 5) is 6.48. The first-order valence-electron chi connectivity index (χ1n) is 7.46. The molecule has 0 aliphatic rings. The van der Waals surface area contributed by atoms with Crippen molar-refractivity contribution < 1.29 is 4.39 Å². The first-order chi connectivity index (χ1) is 10.1. The molecule has 0 fully saturated rings. The molecule has 0 bridgehead atoms. The second-order valence-electron chi connectivity index (χ2n) is 5.22. The van der Waals surface area contributed by atoms with Gasteiger partial charge in [0.1, 0.15) is 5.82 Å². The number of hydrogen-bond donors (Lipinski definition) is 2. The lowest BCUT2D eigenvalue weighted by atomic mass is 10.2. The number of hydrogen-bond acceptors (Lipinski definition) is 2. The van der Waals surface area contributed by atoms with Crippen LogP contribution in [-0.4, -0.2) is 44.1 Å². The number of guanidine groups is 1. The number of nitrogens with one attached hydrogen (secondary N) is 2. The summed E-state index contributed by atoms with van der Waals surface area (Å²) in [5.74, 6) is 0.518. The van der Waals surface area contributed by atoms with E-state index in [9.17, 15) is 4.39 Å². The summed E-state index contributed by atoms with van der Waals surface area (Å²) in [6, 6.07) is 7.15. The van der Waals surface area contributed by atoms with E-state index in [4.69, 9.17) is 0 Å². The van der Waals surface area contributed by atoms with Crippen LogP contribution in [0.3, 0.4) is 0 Å². The topological polar surface area (TPSA) is 39.7 Å². The largest absolute Gasteiger partial charge is 0.355 e. The van der Waals surface area contributed by atoms with E-state index in [-0.39, 0.29) is 29.8 Å². The molecule has 1 aromatic carbocycles. The zero-order valence-electron chi connectivity index (χ0n) is 13.9. The number of halogens is 2. The van der Waals surface area contributed by atoms with E-state index < -0.39 is 0 Å². The molecule has 126 valence electrons. The third-order valence-corrected chi connectivity index (χ3v) is 3.67. The summed E-state index contributed by atoms with van der Waals surface area (Å²) in [6.07, 6.45) is 1.14. The standard InChI is InChI=1S/C16H27FN4.HI/c1-5-13(2)21(4)10-9-19-16(18-3)20-12-14-7-6-8-15(17)11-14;/h6-8,11,13H,5,9-10,12H2,1-4H3,(H2,18,19,20);1H. The Morgan fingerprint density at radius 3 is 2.68 bits per heavy atom. The van der Waals surface area contributed by atoms with E-state index in [1.807, 2.05) is 6.07 Å². The van der Waals surface area contributed by atoms with Gasteiger partial charge in [0.25, 0.3) is 0 Å². The van der Waals surface area contributed by atoms with Crippen LogP contribution >= 0.6 is 24.0 Å². The highest BCUT2D eigenvalue weighted by Gasteiger charge is 2.06. The predicted molar refractivity (Wildman–Crippen MR) is 102 cm³/mol. The number of benzene rings is 1. The van der Waals surface area contributed by atoms with Gasteiger partial charge in [0.05, 0.1) is 0 Å². The van der Waals surface area contributed by atoms with Crippen molar-refractivity contribution in [1.29, 1.82) is 0 Å². The molecule has 1 atom stereocenters. The van der Waals surface area contributed by atoms with Gasteiger partial charge in [-0.2, -0.15) is 0 Å². The Hall–Kier alpha value is -0.890. The minimum atomic E-state index is -0.215. The maximum absolute atomic E-state index is 13.1. The van der Waals surface area contributed by atoms with E-state index in [0.29, 0.717) is 12.6 Å². The molecule has 1 unspecified atom stereocenters. The molecule has 1 rings (SSSR count). The molecule has 0 saturated heterocycles. The van der Waals surface area contributed by atoms with Crippen LogP contribution in [0.1, 0.15) is 25.8 Å². The third-order valence-electron chi connectivity index (χ3n) is 3.67. The lowest BCUT2D eigenvalue weighted by Gasteiger charge is -2.24. The number of aliphatic imine (C=N–C) groups is 1. The first kappa shape index (κ1) is 21.1. The molecule has 4 nitrogen and oxygen atoms in total. The highest BCUT2D eigenvalue weighted by Crippen LogP contribution is 2.02. The van der Waals surface area contributed by atoms with E-state index >= 15 is 0 Å². The van der Waals surface area contributed by atoms with E-state index in [1.165, 1.54) is 12.1 Å². The quantitative estimate of drug-likeness (QED) is 0.404. The molecule has 0 radical (unpaired) electrons. The van der Waals surface area contributed by atoms with Gasteiger partial charge in [-0.1, -0.05) is 19.1 Å². The lowest BCUT2D eigenvalue weighted by Crippen LogP contribution is -2.42. The first-order valence-corrected chi connectivity index (χ1v) is 7.46. The zero-order valence-corrected chi connectivity index (χ0v) is 16.2.